The lowest BCUT2D eigenvalue weighted by Gasteiger charge is -2.08. The van der Waals surface area contributed by atoms with Crippen LogP contribution in [0.15, 0.2) is 36.5 Å². The third-order valence-electron chi connectivity index (χ3n) is 4.04. The van der Waals surface area contributed by atoms with Gasteiger partial charge in [-0.2, -0.15) is 5.10 Å². The lowest BCUT2D eigenvalue weighted by molar-refractivity contribution is -0.120. The molecule has 6 nitrogen and oxygen atoms in total. The number of para-hydroxylation sites is 2. The van der Waals surface area contributed by atoms with Crippen LogP contribution >= 0.6 is 0 Å². The largest absolute Gasteiger partial charge is 0.354 e. The van der Waals surface area contributed by atoms with Gasteiger partial charge in [-0.1, -0.05) is 12.1 Å². The van der Waals surface area contributed by atoms with Gasteiger partial charge in [-0.15, -0.1) is 0 Å². The van der Waals surface area contributed by atoms with Gasteiger partial charge >= 0.3 is 0 Å². The first-order valence-corrected chi connectivity index (χ1v) is 8.27. The summed E-state index contributed by atoms with van der Waals surface area (Å²) in [6.07, 6.45) is 2.22. The highest BCUT2D eigenvalue weighted by Crippen LogP contribution is 2.14. The Morgan fingerprint density at radius 1 is 1.25 bits per heavy atom. The Morgan fingerprint density at radius 3 is 2.79 bits per heavy atom. The van der Waals surface area contributed by atoms with Gasteiger partial charge in [0.2, 0.25) is 5.91 Å². The van der Waals surface area contributed by atoms with Crippen molar-refractivity contribution in [2.75, 3.05) is 6.54 Å². The summed E-state index contributed by atoms with van der Waals surface area (Å²) >= 11 is 0. The summed E-state index contributed by atoms with van der Waals surface area (Å²) in [5.41, 5.74) is 2.88. The van der Waals surface area contributed by atoms with Gasteiger partial charge in [0.1, 0.15) is 5.82 Å². The average Bonchev–Trinajstić information content (AvgIpc) is 3.12. The molecular weight excluding hydrogens is 302 g/mol. The number of benzene rings is 1. The van der Waals surface area contributed by atoms with E-state index in [1.807, 2.05) is 42.1 Å². The predicted octanol–water partition coefficient (Wildman–Crippen LogP) is 2.48. The van der Waals surface area contributed by atoms with Gasteiger partial charge in [0.15, 0.2) is 0 Å². The fourth-order valence-corrected chi connectivity index (χ4v) is 2.77. The molecule has 1 N–H and O–H groups in total. The number of rotatable bonds is 6. The van der Waals surface area contributed by atoms with E-state index in [0.717, 1.165) is 22.6 Å². The second-order valence-electron chi connectivity index (χ2n) is 6.21. The van der Waals surface area contributed by atoms with Crippen molar-refractivity contribution >= 4 is 16.9 Å². The first kappa shape index (κ1) is 16.2. The van der Waals surface area contributed by atoms with Crippen LogP contribution in [0.25, 0.3) is 11.0 Å². The molecule has 0 radical (unpaired) electrons. The maximum atomic E-state index is 12.1. The topological polar surface area (TPSA) is 64.7 Å². The zero-order valence-corrected chi connectivity index (χ0v) is 14.4. The van der Waals surface area contributed by atoms with Crippen molar-refractivity contribution in [3.05, 3.63) is 48.0 Å². The van der Waals surface area contributed by atoms with E-state index in [1.165, 1.54) is 0 Å². The Bertz CT molecular complexity index is 846. The van der Waals surface area contributed by atoms with E-state index in [2.05, 4.69) is 39.9 Å². The van der Waals surface area contributed by atoms with Gasteiger partial charge in [-0.05, 0) is 39.0 Å². The standard InChI is InChI=1S/C18H23N5O/c1-13(2)23-10-8-15(21-23)12-18(24)19-9-11-22-14(3)20-16-6-4-5-7-17(16)22/h4-8,10,13H,9,11-12H2,1-3H3,(H,19,24). The van der Waals surface area contributed by atoms with E-state index in [0.29, 0.717) is 25.6 Å². The van der Waals surface area contributed by atoms with Crippen LogP contribution in [0.5, 0.6) is 0 Å². The van der Waals surface area contributed by atoms with Crippen molar-refractivity contribution in [2.24, 2.45) is 0 Å². The molecule has 0 unspecified atom stereocenters. The zero-order chi connectivity index (χ0) is 17.1. The number of hydrogen-bond acceptors (Lipinski definition) is 3. The van der Waals surface area contributed by atoms with Gasteiger partial charge in [-0.3, -0.25) is 9.48 Å². The van der Waals surface area contributed by atoms with Crippen LogP contribution in [-0.4, -0.2) is 31.8 Å². The number of amides is 1. The number of aromatic nitrogens is 4. The molecule has 3 aromatic rings. The quantitative estimate of drug-likeness (QED) is 0.757. The molecule has 126 valence electrons. The smallest absolute Gasteiger partial charge is 0.226 e. The van der Waals surface area contributed by atoms with Crippen LogP contribution in [0.2, 0.25) is 0 Å². The Kier molecular flexibility index (Phi) is 4.64. The summed E-state index contributed by atoms with van der Waals surface area (Å²) in [4.78, 5) is 16.6. The number of imidazole rings is 1. The van der Waals surface area contributed by atoms with Gasteiger partial charge in [0.05, 0.1) is 23.1 Å². The van der Waals surface area contributed by atoms with E-state index < -0.39 is 0 Å². The number of nitrogens with one attached hydrogen (secondary N) is 1. The highest BCUT2D eigenvalue weighted by molar-refractivity contribution is 5.78. The maximum Gasteiger partial charge on any atom is 0.226 e. The molecule has 0 fully saturated rings. The molecule has 2 heterocycles. The van der Waals surface area contributed by atoms with Gasteiger partial charge in [0, 0.05) is 25.3 Å². The van der Waals surface area contributed by atoms with Crippen LogP contribution < -0.4 is 5.32 Å². The Morgan fingerprint density at radius 2 is 2.04 bits per heavy atom. The lowest BCUT2D eigenvalue weighted by atomic mass is 10.3. The summed E-state index contributed by atoms with van der Waals surface area (Å²) < 4.78 is 3.99. The van der Waals surface area contributed by atoms with Crippen molar-refractivity contribution in [1.82, 2.24) is 24.6 Å². The summed E-state index contributed by atoms with van der Waals surface area (Å²) in [5.74, 6) is 0.951. The molecule has 0 spiro atoms. The minimum Gasteiger partial charge on any atom is -0.354 e. The molecule has 24 heavy (non-hydrogen) atoms. The van der Waals surface area contributed by atoms with Gasteiger partial charge < -0.3 is 9.88 Å². The van der Waals surface area contributed by atoms with Crippen LogP contribution in [0.1, 0.15) is 31.4 Å². The lowest BCUT2D eigenvalue weighted by Crippen LogP contribution is -2.29. The maximum absolute atomic E-state index is 12.1. The molecular formula is C18H23N5O. The van der Waals surface area contributed by atoms with Crippen molar-refractivity contribution in [1.29, 1.82) is 0 Å². The predicted molar refractivity (Wildman–Crippen MR) is 93.8 cm³/mol. The molecule has 0 saturated heterocycles. The van der Waals surface area contributed by atoms with Crippen LogP contribution in [0.3, 0.4) is 0 Å². The molecule has 2 aromatic heterocycles. The Hall–Kier alpha value is -2.63. The number of carbonyl (C=O) groups is 1. The van der Waals surface area contributed by atoms with Crippen molar-refractivity contribution in [3.63, 3.8) is 0 Å². The Labute approximate surface area is 141 Å². The van der Waals surface area contributed by atoms with Crippen molar-refractivity contribution in [3.8, 4) is 0 Å². The minimum atomic E-state index is -0.00826. The van der Waals surface area contributed by atoms with Gasteiger partial charge in [-0.25, -0.2) is 4.98 Å². The minimum absolute atomic E-state index is 0.00826. The molecule has 6 heteroatoms. The van der Waals surface area contributed by atoms with E-state index >= 15 is 0 Å². The highest BCUT2D eigenvalue weighted by atomic mass is 16.1. The number of carbonyl (C=O) groups excluding carboxylic acids is 1. The van der Waals surface area contributed by atoms with E-state index in [1.54, 1.807) is 0 Å². The molecule has 1 aromatic carbocycles. The molecule has 0 aliphatic rings. The van der Waals surface area contributed by atoms with Crippen LogP contribution in [0.4, 0.5) is 0 Å². The third kappa shape index (κ3) is 3.48. The molecule has 0 aliphatic heterocycles. The Balaban J connectivity index is 1.55. The zero-order valence-electron chi connectivity index (χ0n) is 14.4. The molecule has 0 bridgehead atoms. The second-order valence-corrected chi connectivity index (χ2v) is 6.21. The summed E-state index contributed by atoms with van der Waals surface area (Å²) in [6, 6.07) is 10.2. The second kappa shape index (κ2) is 6.86. The summed E-state index contributed by atoms with van der Waals surface area (Å²) in [5, 5.41) is 7.37. The van der Waals surface area contributed by atoms with Crippen molar-refractivity contribution < 1.29 is 4.79 Å². The molecule has 0 saturated carbocycles. The van der Waals surface area contributed by atoms with Gasteiger partial charge in [0.25, 0.3) is 0 Å². The summed E-state index contributed by atoms with van der Waals surface area (Å²) in [7, 11) is 0. The fraction of sp³-hybridized carbons (Fsp3) is 0.389. The number of fused-ring (bicyclic) bond motifs is 1. The highest BCUT2D eigenvalue weighted by Gasteiger charge is 2.09. The van der Waals surface area contributed by atoms with Crippen molar-refractivity contribution in [2.45, 2.75) is 39.8 Å². The number of hydrogen-bond donors (Lipinski definition) is 1. The molecule has 0 atom stereocenters. The van der Waals surface area contributed by atoms with Crippen LogP contribution in [-0.2, 0) is 17.8 Å². The third-order valence-corrected chi connectivity index (χ3v) is 4.04. The first-order valence-electron chi connectivity index (χ1n) is 8.27. The monoisotopic (exact) mass is 325 g/mol. The molecule has 0 aliphatic carbocycles. The van der Waals surface area contributed by atoms with E-state index in [4.69, 9.17) is 0 Å². The van der Waals surface area contributed by atoms with E-state index in [9.17, 15) is 4.79 Å². The number of aryl methyl sites for hydroxylation is 1. The van der Waals surface area contributed by atoms with Crippen LogP contribution in [0, 0.1) is 6.92 Å². The SMILES string of the molecule is Cc1nc2ccccc2n1CCNC(=O)Cc1ccn(C(C)C)n1. The first-order chi connectivity index (χ1) is 11.5. The molecule has 1 amide bonds. The normalized spacial score (nSPS) is 11.3. The number of nitrogens with zero attached hydrogens (tertiary/aromatic N) is 4. The van der Waals surface area contributed by atoms with E-state index in [-0.39, 0.29) is 5.91 Å². The average molecular weight is 325 g/mol. The molecule has 3 rings (SSSR count). The fourth-order valence-electron chi connectivity index (χ4n) is 2.77. The summed E-state index contributed by atoms with van der Waals surface area (Å²) in [6.45, 7) is 7.40.